The lowest BCUT2D eigenvalue weighted by molar-refractivity contribution is 0.520. The van der Waals surface area contributed by atoms with Gasteiger partial charge in [0.05, 0.1) is 16.0 Å². The van der Waals surface area contributed by atoms with Crippen LogP contribution in [0.15, 0.2) is 45.3 Å². The van der Waals surface area contributed by atoms with Gasteiger partial charge < -0.3 is 5.73 Å². The first-order valence-electron chi connectivity index (χ1n) is 5.79. The molecule has 0 unspecified atom stereocenters. The first-order valence-corrected chi connectivity index (χ1v) is 8.05. The fraction of sp³-hybridized carbons (Fsp3) is 0.250. The Morgan fingerprint density at radius 2 is 2.05 bits per heavy atom. The van der Waals surface area contributed by atoms with Crippen LogP contribution in [0.3, 0.4) is 0 Å². The van der Waals surface area contributed by atoms with E-state index in [0.717, 1.165) is 4.90 Å². The number of nitrogens with two attached hydrogens (primary N) is 1. The Morgan fingerprint density at radius 3 is 2.60 bits per heavy atom. The third-order valence-electron chi connectivity index (χ3n) is 2.67. The van der Waals surface area contributed by atoms with Crippen molar-refractivity contribution >= 4 is 27.5 Å². The van der Waals surface area contributed by atoms with Crippen molar-refractivity contribution in [1.29, 1.82) is 0 Å². The van der Waals surface area contributed by atoms with Crippen LogP contribution in [0.25, 0.3) is 0 Å². The van der Waals surface area contributed by atoms with Crippen molar-refractivity contribution < 1.29 is 8.42 Å². The van der Waals surface area contributed by atoms with Gasteiger partial charge in [0.2, 0.25) is 10.0 Å². The Kier molecular flexibility index (Phi) is 4.07. The van der Waals surface area contributed by atoms with Crippen molar-refractivity contribution in [3.05, 3.63) is 30.6 Å². The molecule has 6 nitrogen and oxygen atoms in total. The summed E-state index contributed by atoms with van der Waals surface area (Å²) in [6.07, 6.45) is 3.55. The summed E-state index contributed by atoms with van der Waals surface area (Å²) < 4.78 is 27.1. The summed E-state index contributed by atoms with van der Waals surface area (Å²) in [5, 5.41) is 4.07. The molecule has 1 aromatic carbocycles. The molecule has 0 spiro atoms. The molecule has 0 amide bonds. The topological polar surface area (TPSA) is 81.2 Å². The second kappa shape index (κ2) is 5.47. The third-order valence-corrected chi connectivity index (χ3v) is 5.50. The fourth-order valence-corrected chi connectivity index (χ4v) is 3.49. The number of sulfonamides is 1. The van der Waals surface area contributed by atoms with E-state index < -0.39 is 10.0 Å². The Morgan fingerprint density at radius 1 is 1.35 bits per heavy atom. The minimum Gasteiger partial charge on any atom is -0.398 e. The van der Waals surface area contributed by atoms with Crippen molar-refractivity contribution in [2.45, 2.75) is 14.7 Å². The molecule has 0 aliphatic heterocycles. The van der Waals surface area contributed by atoms with E-state index in [4.69, 9.17) is 5.73 Å². The van der Waals surface area contributed by atoms with Gasteiger partial charge in [0.25, 0.3) is 0 Å². The number of rotatable bonds is 4. The summed E-state index contributed by atoms with van der Waals surface area (Å²) in [6.45, 7) is 0. The average molecular weight is 312 g/mol. The summed E-state index contributed by atoms with van der Waals surface area (Å²) in [5.41, 5.74) is 6.45. The van der Waals surface area contributed by atoms with Crippen LogP contribution in [0.4, 0.5) is 5.69 Å². The SMILES string of the molecule is CN(C)S(=O)(=O)c1ccc(N)c(Sc2cnn(C)c2)c1. The van der Waals surface area contributed by atoms with E-state index in [0.29, 0.717) is 10.6 Å². The Hall–Kier alpha value is -1.51. The number of nitrogen functional groups attached to an aromatic ring is 1. The summed E-state index contributed by atoms with van der Waals surface area (Å²) in [4.78, 5) is 1.82. The standard InChI is InChI=1S/C12H16N4O2S2/c1-15(2)20(17,18)10-4-5-11(13)12(6-10)19-9-7-14-16(3)8-9/h4-8H,13H2,1-3H3. The van der Waals surface area contributed by atoms with Crippen LogP contribution >= 0.6 is 11.8 Å². The number of nitrogens with zero attached hydrogens (tertiary/aromatic N) is 3. The van der Waals surface area contributed by atoms with Crippen LogP contribution in [0.2, 0.25) is 0 Å². The highest BCUT2D eigenvalue weighted by Crippen LogP contribution is 2.33. The predicted molar refractivity (Wildman–Crippen MR) is 79.1 cm³/mol. The van der Waals surface area contributed by atoms with E-state index in [1.165, 1.54) is 36.2 Å². The molecule has 2 rings (SSSR count). The molecule has 20 heavy (non-hydrogen) atoms. The molecule has 1 aromatic heterocycles. The minimum atomic E-state index is -3.46. The number of aromatic nitrogens is 2. The zero-order valence-corrected chi connectivity index (χ0v) is 13.1. The number of hydrogen-bond acceptors (Lipinski definition) is 5. The molecule has 8 heteroatoms. The van der Waals surface area contributed by atoms with E-state index in [-0.39, 0.29) is 4.90 Å². The molecule has 2 N–H and O–H groups in total. The molecule has 0 fully saturated rings. The molecule has 2 aromatic rings. The highest BCUT2D eigenvalue weighted by Gasteiger charge is 2.18. The van der Waals surface area contributed by atoms with Crippen LogP contribution in [0, 0.1) is 0 Å². The molecule has 1 heterocycles. The van der Waals surface area contributed by atoms with Crippen molar-refractivity contribution in [1.82, 2.24) is 14.1 Å². The summed E-state index contributed by atoms with van der Waals surface area (Å²) >= 11 is 1.39. The molecule has 0 radical (unpaired) electrons. The lowest BCUT2D eigenvalue weighted by atomic mass is 10.3. The molecule has 0 saturated heterocycles. The largest absolute Gasteiger partial charge is 0.398 e. The summed E-state index contributed by atoms with van der Waals surface area (Å²) in [5.74, 6) is 0. The van der Waals surface area contributed by atoms with Gasteiger partial charge in [-0.3, -0.25) is 4.68 Å². The van der Waals surface area contributed by atoms with Crippen LogP contribution in [-0.2, 0) is 17.1 Å². The quantitative estimate of drug-likeness (QED) is 0.863. The van der Waals surface area contributed by atoms with Gasteiger partial charge >= 0.3 is 0 Å². The maximum atomic E-state index is 12.1. The van der Waals surface area contributed by atoms with Crippen molar-refractivity contribution in [2.75, 3.05) is 19.8 Å². The van der Waals surface area contributed by atoms with Crippen LogP contribution in [0.1, 0.15) is 0 Å². The Bertz CT molecular complexity index is 723. The maximum absolute atomic E-state index is 12.1. The first kappa shape index (κ1) is 14.9. The average Bonchev–Trinajstić information content (AvgIpc) is 2.77. The van der Waals surface area contributed by atoms with E-state index in [2.05, 4.69) is 5.10 Å². The van der Waals surface area contributed by atoms with Crippen molar-refractivity contribution in [3.8, 4) is 0 Å². The molecule has 0 atom stereocenters. The zero-order chi connectivity index (χ0) is 14.9. The summed E-state index contributed by atoms with van der Waals surface area (Å²) in [7, 11) is 1.36. The van der Waals surface area contributed by atoms with Gasteiger partial charge in [-0.1, -0.05) is 11.8 Å². The minimum absolute atomic E-state index is 0.225. The van der Waals surface area contributed by atoms with Gasteiger partial charge in [0, 0.05) is 37.9 Å². The van der Waals surface area contributed by atoms with E-state index >= 15 is 0 Å². The number of hydrogen-bond donors (Lipinski definition) is 1. The lowest BCUT2D eigenvalue weighted by Gasteiger charge is -2.13. The molecule has 0 aliphatic rings. The fourth-order valence-electron chi connectivity index (χ4n) is 1.55. The van der Waals surface area contributed by atoms with Crippen LogP contribution in [-0.4, -0.2) is 36.6 Å². The van der Waals surface area contributed by atoms with E-state index in [1.807, 2.05) is 13.2 Å². The number of aryl methyl sites for hydroxylation is 1. The highest BCUT2D eigenvalue weighted by molar-refractivity contribution is 7.99. The second-order valence-corrected chi connectivity index (χ2v) is 7.71. The Balaban J connectivity index is 2.39. The first-order chi connectivity index (χ1) is 9.30. The third kappa shape index (κ3) is 2.97. The number of anilines is 1. The Labute approximate surface area is 122 Å². The predicted octanol–water partition coefficient (Wildman–Crippen LogP) is 1.40. The molecule has 0 aliphatic carbocycles. The normalized spacial score (nSPS) is 12.0. The molecular weight excluding hydrogens is 296 g/mol. The second-order valence-electron chi connectivity index (χ2n) is 4.44. The summed E-state index contributed by atoms with van der Waals surface area (Å²) in [6, 6.07) is 4.70. The highest BCUT2D eigenvalue weighted by atomic mass is 32.2. The van der Waals surface area contributed by atoms with Crippen molar-refractivity contribution in [3.63, 3.8) is 0 Å². The van der Waals surface area contributed by atoms with Gasteiger partial charge in [-0.05, 0) is 18.2 Å². The molecule has 0 bridgehead atoms. The van der Waals surface area contributed by atoms with E-state index in [1.54, 1.807) is 23.0 Å². The van der Waals surface area contributed by atoms with Crippen LogP contribution in [0.5, 0.6) is 0 Å². The lowest BCUT2D eigenvalue weighted by Crippen LogP contribution is -2.22. The van der Waals surface area contributed by atoms with Gasteiger partial charge in [0.1, 0.15) is 0 Å². The smallest absolute Gasteiger partial charge is 0.242 e. The van der Waals surface area contributed by atoms with Gasteiger partial charge in [-0.15, -0.1) is 0 Å². The van der Waals surface area contributed by atoms with Gasteiger partial charge in [-0.25, -0.2) is 12.7 Å². The van der Waals surface area contributed by atoms with Gasteiger partial charge in [-0.2, -0.15) is 5.10 Å². The maximum Gasteiger partial charge on any atom is 0.242 e. The zero-order valence-electron chi connectivity index (χ0n) is 11.4. The molecule has 108 valence electrons. The number of benzene rings is 1. The molecular formula is C12H16N4O2S2. The van der Waals surface area contributed by atoms with Crippen LogP contribution < -0.4 is 5.73 Å². The van der Waals surface area contributed by atoms with E-state index in [9.17, 15) is 8.42 Å². The van der Waals surface area contributed by atoms with Gasteiger partial charge in [0.15, 0.2) is 0 Å². The monoisotopic (exact) mass is 312 g/mol. The molecule has 0 saturated carbocycles. The van der Waals surface area contributed by atoms with Crippen molar-refractivity contribution in [2.24, 2.45) is 7.05 Å².